The standard InChI is InChI=1S/C18H30N2O3.C13H18FN/c1-17(2)13-23-16(22)20(17)12-18(15-6-4-3-5-7-15)8-10-19(14-21)11-9-18;1-10(2)15-8-7-12(9-15)11-3-5-13(14)6-4-11/h14-15H,3-13H2,1-2H3;3-6,10,12H,7-9H2,1-2H3/t;12-/m.0/s1. The van der Waals surface area contributed by atoms with Crippen molar-refractivity contribution in [2.45, 2.75) is 96.6 Å². The van der Waals surface area contributed by atoms with Crippen molar-refractivity contribution in [3.05, 3.63) is 35.6 Å². The van der Waals surface area contributed by atoms with E-state index < -0.39 is 0 Å². The molecule has 4 aliphatic rings. The zero-order valence-corrected chi connectivity index (χ0v) is 24.0. The van der Waals surface area contributed by atoms with Gasteiger partial charge in [0.15, 0.2) is 0 Å². The van der Waals surface area contributed by atoms with Gasteiger partial charge in [0, 0.05) is 32.2 Å². The summed E-state index contributed by atoms with van der Waals surface area (Å²) >= 11 is 0. The van der Waals surface area contributed by atoms with E-state index in [0.29, 0.717) is 24.5 Å². The molecule has 0 N–H and O–H groups in total. The van der Waals surface area contributed by atoms with Crippen LogP contribution < -0.4 is 0 Å². The summed E-state index contributed by atoms with van der Waals surface area (Å²) < 4.78 is 18.1. The summed E-state index contributed by atoms with van der Waals surface area (Å²) in [5, 5.41) is 0. The van der Waals surface area contributed by atoms with Crippen molar-refractivity contribution in [3.63, 3.8) is 0 Å². The predicted octanol–water partition coefficient (Wildman–Crippen LogP) is 6.06. The van der Waals surface area contributed by atoms with E-state index in [9.17, 15) is 14.0 Å². The molecular formula is C31H48FN3O3. The number of likely N-dealkylation sites (tertiary alicyclic amines) is 2. The molecule has 0 spiro atoms. The van der Waals surface area contributed by atoms with E-state index in [4.69, 9.17) is 4.74 Å². The Morgan fingerprint density at radius 2 is 1.68 bits per heavy atom. The van der Waals surface area contributed by atoms with Crippen LogP contribution in [0.3, 0.4) is 0 Å². The first-order chi connectivity index (χ1) is 18.1. The van der Waals surface area contributed by atoms with Gasteiger partial charge in [-0.05, 0) is 101 Å². The number of hydrogen-bond acceptors (Lipinski definition) is 4. The quantitative estimate of drug-likeness (QED) is 0.421. The monoisotopic (exact) mass is 529 g/mol. The molecule has 6 nitrogen and oxygen atoms in total. The molecule has 5 rings (SSSR count). The fourth-order valence-corrected chi connectivity index (χ4v) is 6.98. The summed E-state index contributed by atoms with van der Waals surface area (Å²) in [5.41, 5.74) is 1.21. The minimum Gasteiger partial charge on any atom is -0.447 e. The summed E-state index contributed by atoms with van der Waals surface area (Å²) in [4.78, 5) is 29.7. The van der Waals surface area contributed by atoms with Crippen LogP contribution in [-0.4, -0.2) is 78.1 Å². The number of carbonyl (C=O) groups is 2. The maximum absolute atomic E-state index is 12.8. The van der Waals surface area contributed by atoms with Gasteiger partial charge in [-0.25, -0.2) is 9.18 Å². The summed E-state index contributed by atoms with van der Waals surface area (Å²) in [6.45, 7) is 13.8. The Morgan fingerprint density at radius 3 is 2.21 bits per heavy atom. The first-order valence-corrected chi connectivity index (χ1v) is 14.8. The Balaban J connectivity index is 0.000000194. The first-order valence-electron chi connectivity index (χ1n) is 14.8. The lowest BCUT2D eigenvalue weighted by Crippen LogP contribution is -2.54. The molecular weight excluding hydrogens is 481 g/mol. The highest BCUT2D eigenvalue weighted by Crippen LogP contribution is 2.47. The highest BCUT2D eigenvalue weighted by atomic mass is 19.1. The summed E-state index contributed by atoms with van der Waals surface area (Å²) in [7, 11) is 0. The van der Waals surface area contributed by atoms with Crippen molar-refractivity contribution < 1.29 is 18.7 Å². The Morgan fingerprint density at radius 1 is 1.03 bits per heavy atom. The van der Waals surface area contributed by atoms with Crippen molar-refractivity contribution in [1.82, 2.24) is 14.7 Å². The number of amides is 2. The molecule has 0 unspecified atom stereocenters. The molecule has 0 aromatic heterocycles. The average molecular weight is 530 g/mol. The van der Waals surface area contributed by atoms with Gasteiger partial charge in [0.2, 0.25) is 6.41 Å². The van der Waals surface area contributed by atoms with Gasteiger partial charge in [0.1, 0.15) is 12.4 Å². The molecule has 7 heteroatoms. The molecule has 0 bridgehead atoms. The number of hydrogen-bond donors (Lipinski definition) is 0. The van der Waals surface area contributed by atoms with E-state index in [1.165, 1.54) is 50.6 Å². The molecule has 3 aliphatic heterocycles. The second kappa shape index (κ2) is 12.4. The topological polar surface area (TPSA) is 53.1 Å². The lowest BCUT2D eigenvalue weighted by molar-refractivity contribution is -0.121. The van der Waals surface area contributed by atoms with Gasteiger partial charge in [-0.3, -0.25) is 9.69 Å². The highest BCUT2D eigenvalue weighted by molar-refractivity contribution is 5.71. The minimum absolute atomic E-state index is 0.141. The fraction of sp³-hybridized carbons (Fsp3) is 0.742. The molecule has 4 fully saturated rings. The lowest BCUT2D eigenvalue weighted by atomic mass is 9.63. The molecule has 1 aromatic rings. The number of benzene rings is 1. The third-order valence-corrected chi connectivity index (χ3v) is 9.68. The summed E-state index contributed by atoms with van der Waals surface area (Å²) in [6, 6.07) is 7.59. The van der Waals surface area contributed by atoms with Crippen molar-refractivity contribution in [3.8, 4) is 0 Å². The van der Waals surface area contributed by atoms with Crippen LogP contribution in [0.15, 0.2) is 24.3 Å². The van der Waals surface area contributed by atoms with Crippen LogP contribution in [0.5, 0.6) is 0 Å². The van der Waals surface area contributed by atoms with Gasteiger partial charge in [0.05, 0.1) is 5.54 Å². The highest BCUT2D eigenvalue weighted by Gasteiger charge is 2.48. The molecule has 0 radical (unpaired) electrons. The first kappa shape index (κ1) is 28.8. The summed E-state index contributed by atoms with van der Waals surface area (Å²) in [5.74, 6) is 1.12. The molecule has 1 atom stereocenters. The average Bonchev–Trinajstić information content (AvgIpc) is 3.52. The van der Waals surface area contributed by atoms with E-state index in [1.807, 2.05) is 21.9 Å². The van der Waals surface area contributed by atoms with Crippen LogP contribution in [-0.2, 0) is 9.53 Å². The number of ether oxygens (including phenoxy) is 1. The van der Waals surface area contributed by atoms with Gasteiger partial charge in [-0.2, -0.15) is 0 Å². The van der Waals surface area contributed by atoms with Crippen LogP contribution in [0.25, 0.3) is 0 Å². The molecule has 1 saturated carbocycles. The number of nitrogens with zero attached hydrogens (tertiary/aromatic N) is 3. The van der Waals surface area contributed by atoms with Crippen molar-refractivity contribution in [2.75, 3.05) is 39.3 Å². The van der Waals surface area contributed by atoms with Crippen molar-refractivity contribution in [2.24, 2.45) is 11.3 Å². The Labute approximate surface area is 228 Å². The van der Waals surface area contributed by atoms with Crippen LogP contribution in [0.1, 0.15) is 90.5 Å². The van der Waals surface area contributed by atoms with Crippen LogP contribution in [0, 0.1) is 17.2 Å². The second-order valence-corrected chi connectivity index (χ2v) is 12.9. The largest absolute Gasteiger partial charge is 0.447 e. The second-order valence-electron chi connectivity index (χ2n) is 12.9. The van der Waals surface area contributed by atoms with Gasteiger partial charge < -0.3 is 14.5 Å². The maximum Gasteiger partial charge on any atom is 0.410 e. The number of halogens is 1. The minimum atomic E-state index is -0.222. The van der Waals surface area contributed by atoms with E-state index in [2.05, 4.69) is 32.6 Å². The van der Waals surface area contributed by atoms with Crippen molar-refractivity contribution >= 4 is 12.5 Å². The van der Waals surface area contributed by atoms with Gasteiger partial charge in [-0.1, -0.05) is 31.4 Å². The zero-order valence-electron chi connectivity index (χ0n) is 24.0. The van der Waals surface area contributed by atoms with Crippen molar-refractivity contribution in [1.29, 1.82) is 0 Å². The third kappa shape index (κ3) is 6.70. The lowest BCUT2D eigenvalue weighted by Gasteiger charge is -2.50. The van der Waals surface area contributed by atoms with Crippen LogP contribution in [0.2, 0.25) is 0 Å². The van der Waals surface area contributed by atoms with Gasteiger partial charge in [-0.15, -0.1) is 0 Å². The molecule has 212 valence electrons. The molecule has 38 heavy (non-hydrogen) atoms. The summed E-state index contributed by atoms with van der Waals surface area (Å²) in [6.07, 6.45) is 10.5. The third-order valence-electron chi connectivity index (χ3n) is 9.68. The molecule has 3 saturated heterocycles. The normalized spacial score (nSPS) is 25.7. The van der Waals surface area contributed by atoms with E-state index >= 15 is 0 Å². The smallest absolute Gasteiger partial charge is 0.410 e. The van der Waals surface area contributed by atoms with Gasteiger partial charge in [0.25, 0.3) is 0 Å². The molecule has 3 heterocycles. The van der Waals surface area contributed by atoms with Crippen LogP contribution >= 0.6 is 0 Å². The predicted molar refractivity (Wildman–Crippen MR) is 148 cm³/mol. The number of cyclic esters (lactones) is 1. The van der Waals surface area contributed by atoms with E-state index in [-0.39, 0.29) is 22.9 Å². The van der Waals surface area contributed by atoms with E-state index in [0.717, 1.165) is 45.4 Å². The number of rotatable bonds is 6. The fourth-order valence-electron chi connectivity index (χ4n) is 6.98. The molecule has 1 aromatic carbocycles. The Bertz CT molecular complexity index is 921. The zero-order chi connectivity index (χ0) is 27.3. The number of piperidine rings is 1. The van der Waals surface area contributed by atoms with Crippen LogP contribution in [0.4, 0.5) is 9.18 Å². The maximum atomic E-state index is 12.8. The van der Waals surface area contributed by atoms with Gasteiger partial charge >= 0.3 is 6.09 Å². The Hall–Kier alpha value is -2.15. The SMILES string of the molecule is CC(C)N1CC[C@H](c2ccc(F)cc2)C1.CC1(C)COC(=O)N1CC1(C2CCCCC2)CCN(C=O)CC1. The Kier molecular flexibility index (Phi) is 9.38. The molecule has 1 aliphatic carbocycles. The number of carbonyl (C=O) groups excluding carboxylic acids is 2. The molecule has 2 amide bonds. The van der Waals surface area contributed by atoms with E-state index in [1.54, 1.807) is 12.1 Å².